The summed E-state index contributed by atoms with van der Waals surface area (Å²) in [5, 5.41) is 5.07. The number of benzene rings is 1. The van der Waals surface area contributed by atoms with E-state index < -0.39 is 0 Å². The number of hydrogen-bond acceptors (Lipinski definition) is 2. The SMILES string of the molecule is C[C@@H](NC1CCOc2c(Cl)cc(Cl)cc21)C1CCCC1. The molecule has 1 N–H and O–H groups in total. The molecule has 0 radical (unpaired) electrons. The van der Waals surface area contributed by atoms with E-state index in [0.29, 0.717) is 28.7 Å². The van der Waals surface area contributed by atoms with Gasteiger partial charge in [0.2, 0.25) is 0 Å². The molecule has 1 saturated carbocycles. The second kappa shape index (κ2) is 6.13. The van der Waals surface area contributed by atoms with Crippen LogP contribution in [0.5, 0.6) is 5.75 Å². The summed E-state index contributed by atoms with van der Waals surface area (Å²) in [5.74, 6) is 1.61. The summed E-state index contributed by atoms with van der Waals surface area (Å²) in [6.07, 6.45) is 6.42. The summed E-state index contributed by atoms with van der Waals surface area (Å²) in [6.45, 7) is 3.01. The van der Waals surface area contributed by atoms with Gasteiger partial charge in [0.05, 0.1) is 11.6 Å². The average molecular weight is 314 g/mol. The molecule has 0 saturated heterocycles. The maximum absolute atomic E-state index is 6.24. The van der Waals surface area contributed by atoms with Crippen LogP contribution in [0.1, 0.15) is 50.6 Å². The molecule has 1 aliphatic carbocycles. The highest BCUT2D eigenvalue weighted by Gasteiger charge is 2.28. The standard InChI is InChI=1S/C16H21Cl2NO/c1-10(11-4-2-3-5-11)19-15-6-7-20-16-13(15)8-12(17)9-14(16)18/h8-11,15,19H,2-7H2,1H3/t10-,15?/m1/s1. The van der Waals surface area contributed by atoms with Gasteiger partial charge in [-0.1, -0.05) is 36.0 Å². The highest BCUT2D eigenvalue weighted by atomic mass is 35.5. The molecule has 110 valence electrons. The lowest BCUT2D eigenvalue weighted by Gasteiger charge is -2.32. The van der Waals surface area contributed by atoms with Crippen LogP contribution in [0.25, 0.3) is 0 Å². The van der Waals surface area contributed by atoms with Crippen LogP contribution in [0.3, 0.4) is 0 Å². The van der Waals surface area contributed by atoms with Crippen molar-refractivity contribution in [2.75, 3.05) is 6.61 Å². The van der Waals surface area contributed by atoms with Gasteiger partial charge in [0, 0.05) is 29.1 Å². The topological polar surface area (TPSA) is 21.3 Å². The quantitative estimate of drug-likeness (QED) is 0.849. The van der Waals surface area contributed by atoms with Crippen LogP contribution >= 0.6 is 23.2 Å². The molecule has 0 spiro atoms. The van der Waals surface area contributed by atoms with E-state index in [1.807, 2.05) is 6.07 Å². The Morgan fingerprint density at radius 2 is 1.95 bits per heavy atom. The summed E-state index contributed by atoms with van der Waals surface area (Å²) in [7, 11) is 0. The number of hydrogen-bond donors (Lipinski definition) is 1. The monoisotopic (exact) mass is 313 g/mol. The third kappa shape index (κ3) is 2.93. The molecule has 1 unspecified atom stereocenters. The zero-order chi connectivity index (χ0) is 14.1. The van der Waals surface area contributed by atoms with Gasteiger partial charge in [0.1, 0.15) is 5.75 Å². The Balaban J connectivity index is 1.79. The number of rotatable bonds is 3. The van der Waals surface area contributed by atoms with E-state index in [4.69, 9.17) is 27.9 Å². The highest BCUT2D eigenvalue weighted by molar-refractivity contribution is 6.35. The first-order chi connectivity index (χ1) is 9.65. The molecule has 1 aromatic carbocycles. The van der Waals surface area contributed by atoms with Gasteiger partial charge in [0.15, 0.2) is 0 Å². The fourth-order valence-electron chi connectivity index (χ4n) is 3.51. The summed E-state index contributed by atoms with van der Waals surface area (Å²) >= 11 is 12.4. The molecule has 1 heterocycles. The van der Waals surface area contributed by atoms with Gasteiger partial charge in [-0.2, -0.15) is 0 Å². The first-order valence-corrected chi connectivity index (χ1v) is 8.28. The molecule has 2 aliphatic rings. The number of halogens is 2. The van der Waals surface area contributed by atoms with Crippen LogP contribution < -0.4 is 10.1 Å². The third-order valence-corrected chi connectivity index (χ3v) is 5.14. The molecule has 0 amide bonds. The van der Waals surface area contributed by atoms with Crippen molar-refractivity contribution in [3.05, 3.63) is 27.7 Å². The molecule has 1 aromatic rings. The number of fused-ring (bicyclic) bond motifs is 1. The van der Waals surface area contributed by atoms with Crippen LogP contribution in [-0.4, -0.2) is 12.6 Å². The van der Waals surface area contributed by atoms with E-state index in [2.05, 4.69) is 12.2 Å². The van der Waals surface area contributed by atoms with E-state index in [1.54, 1.807) is 6.07 Å². The largest absolute Gasteiger partial charge is 0.492 e. The molecule has 1 aliphatic heterocycles. The molecule has 3 rings (SSSR count). The Labute approximate surface area is 130 Å². The van der Waals surface area contributed by atoms with Crippen molar-refractivity contribution < 1.29 is 4.74 Å². The van der Waals surface area contributed by atoms with Gasteiger partial charge in [0.25, 0.3) is 0 Å². The Hall–Kier alpha value is -0.440. The minimum Gasteiger partial charge on any atom is -0.492 e. The van der Waals surface area contributed by atoms with Gasteiger partial charge >= 0.3 is 0 Å². The lowest BCUT2D eigenvalue weighted by Crippen LogP contribution is -2.37. The maximum atomic E-state index is 6.24. The maximum Gasteiger partial charge on any atom is 0.142 e. The first-order valence-electron chi connectivity index (χ1n) is 7.53. The van der Waals surface area contributed by atoms with E-state index in [-0.39, 0.29) is 0 Å². The van der Waals surface area contributed by atoms with Crippen LogP contribution in [-0.2, 0) is 0 Å². The molecule has 4 heteroatoms. The van der Waals surface area contributed by atoms with Gasteiger partial charge in [-0.05, 0) is 37.8 Å². The van der Waals surface area contributed by atoms with Crippen LogP contribution in [0.15, 0.2) is 12.1 Å². The molecule has 20 heavy (non-hydrogen) atoms. The minimum atomic E-state index is 0.297. The van der Waals surface area contributed by atoms with Gasteiger partial charge in [-0.15, -0.1) is 0 Å². The van der Waals surface area contributed by atoms with E-state index in [1.165, 1.54) is 25.7 Å². The summed E-state index contributed by atoms with van der Waals surface area (Å²) in [4.78, 5) is 0. The van der Waals surface area contributed by atoms with Crippen molar-refractivity contribution in [1.29, 1.82) is 0 Å². The van der Waals surface area contributed by atoms with Crippen LogP contribution in [0, 0.1) is 5.92 Å². The predicted octanol–water partition coefficient (Wildman–Crippen LogP) is 4.99. The molecule has 2 atom stereocenters. The van der Waals surface area contributed by atoms with Crippen LogP contribution in [0.2, 0.25) is 10.0 Å². The van der Waals surface area contributed by atoms with Gasteiger partial charge in [-0.25, -0.2) is 0 Å². The Morgan fingerprint density at radius 1 is 1.20 bits per heavy atom. The molecule has 2 nitrogen and oxygen atoms in total. The number of ether oxygens (including phenoxy) is 1. The normalized spacial score (nSPS) is 24.2. The lowest BCUT2D eigenvalue weighted by molar-refractivity contribution is 0.233. The Kier molecular flexibility index (Phi) is 4.44. The average Bonchev–Trinajstić information content (AvgIpc) is 2.93. The zero-order valence-electron chi connectivity index (χ0n) is 11.8. The van der Waals surface area contributed by atoms with E-state index in [9.17, 15) is 0 Å². The minimum absolute atomic E-state index is 0.297. The fourth-order valence-corrected chi connectivity index (χ4v) is 4.07. The first kappa shape index (κ1) is 14.5. The molecular formula is C16H21Cl2NO. The third-order valence-electron chi connectivity index (χ3n) is 4.64. The van der Waals surface area contributed by atoms with Crippen molar-refractivity contribution >= 4 is 23.2 Å². The molecule has 0 bridgehead atoms. The Morgan fingerprint density at radius 3 is 2.70 bits per heavy atom. The second-order valence-electron chi connectivity index (χ2n) is 6.00. The highest BCUT2D eigenvalue weighted by Crippen LogP contribution is 2.40. The van der Waals surface area contributed by atoms with Crippen molar-refractivity contribution in [2.45, 2.75) is 51.1 Å². The second-order valence-corrected chi connectivity index (χ2v) is 6.84. The summed E-state index contributed by atoms with van der Waals surface area (Å²) in [5.41, 5.74) is 1.11. The van der Waals surface area contributed by atoms with E-state index >= 15 is 0 Å². The molecular weight excluding hydrogens is 293 g/mol. The van der Waals surface area contributed by atoms with Crippen molar-refractivity contribution in [3.8, 4) is 5.75 Å². The van der Waals surface area contributed by atoms with Gasteiger partial charge in [-0.3, -0.25) is 0 Å². The molecule has 1 fully saturated rings. The van der Waals surface area contributed by atoms with Crippen LogP contribution in [0.4, 0.5) is 0 Å². The van der Waals surface area contributed by atoms with E-state index in [0.717, 1.165) is 23.7 Å². The van der Waals surface area contributed by atoms with Crippen molar-refractivity contribution in [2.24, 2.45) is 5.92 Å². The fraction of sp³-hybridized carbons (Fsp3) is 0.625. The smallest absolute Gasteiger partial charge is 0.142 e. The van der Waals surface area contributed by atoms with Crippen molar-refractivity contribution in [3.63, 3.8) is 0 Å². The number of nitrogens with one attached hydrogen (secondary N) is 1. The lowest BCUT2D eigenvalue weighted by atomic mass is 9.95. The summed E-state index contributed by atoms with van der Waals surface area (Å²) in [6, 6.07) is 4.57. The zero-order valence-corrected chi connectivity index (χ0v) is 13.3. The van der Waals surface area contributed by atoms with Crippen molar-refractivity contribution in [1.82, 2.24) is 5.32 Å². The molecule has 0 aromatic heterocycles. The Bertz CT molecular complexity index is 486. The predicted molar refractivity (Wildman–Crippen MR) is 83.9 cm³/mol. The summed E-state index contributed by atoms with van der Waals surface area (Å²) < 4.78 is 5.72. The van der Waals surface area contributed by atoms with Gasteiger partial charge < -0.3 is 10.1 Å².